The van der Waals surface area contributed by atoms with Gasteiger partial charge in [0, 0.05) is 30.8 Å². The quantitative estimate of drug-likeness (QED) is 0.784. The molecule has 19 heavy (non-hydrogen) atoms. The lowest BCUT2D eigenvalue weighted by molar-refractivity contribution is -0.137. The summed E-state index contributed by atoms with van der Waals surface area (Å²) in [7, 11) is 0. The second-order valence-corrected chi connectivity index (χ2v) is 7.17. The van der Waals surface area contributed by atoms with Gasteiger partial charge < -0.3 is 15.3 Å². The van der Waals surface area contributed by atoms with Crippen molar-refractivity contribution < 1.29 is 14.7 Å². The number of nitrogens with zero attached hydrogens (tertiary/aromatic N) is 1. The number of carbonyl (C=O) groups is 2. The highest BCUT2D eigenvalue weighted by Crippen LogP contribution is 2.22. The fraction of sp³-hybridized carbons (Fsp3) is 0.846. The molecule has 1 unspecified atom stereocenters. The predicted octanol–water partition coefficient (Wildman–Crippen LogP) is 2.02. The third kappa shape index (κ3) is 5.72. The van der Waals surface area contributed by atoms with Crippen LogP contribution in [0.25, 0.3) is 0 Å². The fourth-order valence-corrected chi connectivity index (χ4v) is 2.27. The Balaban J connectivity index is 2.30. The average Bonchev–Trinajstić information content (AvgIpc) is 2.82. The number of thioether (sulfide) groups is 1. The molecule has 1 rings (SSSR count). The molecule has 2 amide bonds. The SMILES string of the molecule is CSC(C)(C)CNC(=O)N1CCC(CCC(=O)O)C1. The molecule has 0 aromatic carbocycles. The normalized spacial score (nSPS) is 19.5. The topological polar surface area (TPSA) is 69.6 Å². The van der Waals surface area contributed by atoms with Crippen LogP contribution in [0.5, 0.6) is 0 Å². The van der Waals surface area contributed by atoms with E-state index >= 15 is 0 Å². The van der Waals surface area contributed by atoms with Crippen LogP contribution in [0.4, 0.5) is 4.79 Å². The van der Waals surface area contributed by atoms with E-state index in [4.69, 9.17) is 5.11 Å². The summed E-state index contributed by atoms with van der Waals surface area (Å²) in [4.78, 5) is 24.3. The first kappa shape index (κ1) is 16.1. The van der Waals surface area contributed by atoms with Gasteiger partial charge in [0.1, 0.15) is 0 Å². The van der Waals surface area contributed by atoms with Crippen LogP contribution in [-0.2, 0) is 4.79 Å². The van der Waals surface area contributed by atoms with E-state index in [2.05, 4.69) is 19.2 Å². The van der Waals surface area contributed by atoms with E-state index in [0.717, 1.165) is 13.0 Å². The number of aliphatic carboxylic acids is 1. The number of carbonyl (C=O) groups excluding carboxylic acids is 1. The predicted molar refractivity (Wildman–Crippen MR) is 77.5 cm³/mol. The van der Waals surface area contributed by atoms with E-state index in [1.54, 1.807) is 16.7 Å². The van der Waals surface area contributed by atoms with Crippen molar-refractivity contribution in [2.75, 3.05) is 25.9 Å². The molecule has 5 nitrogen and oxygen atoms in total. The highest BCUT2D eigenvalue weighted by molar-refractivity contribution is 7.99. The van der Waals surface area contributed by atoms with Crippen molar-refractivity contribution in [1.29, 1.82) is 0 Å². The zero-order valence-corrected chi connectivity index (χ0v) is 12.8. The maximum absolute atomic E-state index is 12.0. The molecule has 1 atom stereocenters. The number of nitrogens with one attached hydrogen (secondary N) is 1. The van der Waals surface area contributed by atoms with Gasteiger partial charge in [0.15, 0.2) is 0 Å². The van der Waals surface area contributed by atoms with Crippen molar-refractivity contribution in [3.63, 3.8) is 0 Å². The number of amides is 2. The van der Waals surface area contributed by atoms with Crippen LogP contribution >= 0.6 is 11.8 Å². The number of likely N-dealkylation sites (tertiary alicyclic amines) is 1. The lowest BCUT2D eigenvalue weighted by Crippen LogP contribution is -2.43. The standard InChI is InChI=1S/C13H24N2O3S/c1-13(2,19-3)9-14-12(18)15-7-6-10(8-15)4-5-11(16)17/h10H,4-9H2,1-3H3,(H,14,18)(H,16,17). The second kappa shape index (κ2) is 7.03. The molecule has 1 aliphatic rings. The molecule has 0 bridgehead atoms. The summed E-state index contributed by atoms with van der Waals surface area (Å²) in [6.45, 7) is 6.24. The van der Waals surface area contributed by atoms with Gasteiger partial charge in [-0.25, -0.2) is 4.79 Å². The Morgan fingerprint density at radius 3 is 2.74 bits per heavy atom. The van der Waals surface area contributed by atoms with Gasteiger partial charge >= 0.3 is 12.0 Å². The summed E-state index contributed by atoms with van der Waals surface area (Å²) in [6, 6.07) is -0.0278. The monoisotopic (exact) mass is 288 g/mol. The molecule has 2 N–H and O–H groups in total. The third-order valence-electron chi connectivity index (χ3n) is 3.56. The smallest absolute Gasteiger partial charge is 0.317 e. The van der Waals surface area contributed by atoms with Crippen molar-refractivity contribution in [2.24, 2.45) is 5.92 Å². The van der Waals surface area contributed by atoms with Gasteiger partial charge in [-0.3, -0.25) is 4.79 Å². The molecule has 110 valence electrons. The number of carboxylic acid groups (broad SMARTS) is 1. The zero-order valence-electron chi connectivity index (χ0n) is 11.9. The van der Waals surface area contributed by atoms with Crippen LogP contribution in [0, 0.1) is 5.92 Å². The van der Waals surface area contributed by atoms with Crippen molar-refractivity contribution in [3.8, 4) is 0 Å². The minimum atomic E-state index is -0.760. The maximum atomic E-state index is 12.0. The average molecular weight is 288 g/mol. The summed E-state index contributed by atoms with van der Waals surface area (Å²) >= 11 is 1.72. The summed E-state index contributed by atoms with van der Waals surface area (Å²) in [5, 5.41) is 11.6. The molecule has 1 saturated heterocycles. The molecule has 1 aliphatic heterocycles. The lowest BCUT2D eigenvalue weighted by atomic mass is 10.0. The van der Waals surface area contributed by atoms with E-state index < -0.39 is 5.97 Å². The Morgan fingerprint density at radius 1 is 1.47 bits per heavy atom. The Morgan fingerprint density at radius 2 is 2.16 bits per heavy atom. The minimum Gasteiger partial charge on any atom is -0.481 e. The largest absolute Gasteiger partial charge is 0.481 e. The molecule has 1 heterocycles. The molecular weight excluding hydrogens is 264 g/mol. The van der Waals surface area contributed by atoms with Crippen LogP contribution in [-0.4, -0.2) is 52.6 Å². The van der Waals surface area contributed by atoms with Crippen LogP contribution in [0.3, 0.4) is 0 Å². The van der Waals surface area contributed by atoms with Gasteiger partial charge in [0.2, 0.25) is 0 Å². The Kier molecular flexibility index (Phi) is 5.97. The Hall–Kier alpha value is -0.910. The number of hydrogen-bond acceptors (Lipinski definition) is 3. The first-order valence-electron chi connectivity index (χ1n) is 6.64. The number of rotatable bonds is 6. The first-order chi connectivity index (χ1) is 8.84. The van der Waals surface area contributed by atoms with Gasteiger partial charge in [-0.2, -0.15) is 11.8 Å². The van der Waals surface area contributed by atoms with Gasteiger partial charge in [0.05, 0.1) is 0 Å². The van der Waals surface area contributed by atoms with E-state index in [0.29, 0.717) is 25.4 Å². The molecule has 0 saturated carbocycles. The van der Waals surface area contributed by atoms with Gasteiger partial charge in [-0.15, -0.1) is 0 Å². The van der Waals surface area contributed by atoms with Crippen LogP contribution in [0.1, 0.15) is 33.1 Å². The highest BCUT2D eigenvalue weighted by Gasteiger charge is 2.27. The number of hydrogen-bond donors (Lipinski definition) is 2. The van der Waals surface area contributed by atoms with Gasteiger partial charge in [0.25, 0.3) is 0 Å². The van der Waals surface area contributed by atoms with E-state index in [1.165, 1.54) is 0 Å². The molecule has 6 heteroatoms. The van der Waals surface area contributed by atoms with Crippen LogP contribution in [0.15, 0.2) is 0 Å². The lowest BCUT2D eigenvalue weighted by Gasteiger charge is -2.24. The van der Waals surface area contributed by atoms with Crippen molar-refractivity contribution in [3.05, 3.63) is 0 Å². The molecule has 0 aliphatic carbocycles. The fourth-order valence-electron chi connectivity index (χ4n) is 2.05. The van der Waals surface area contributed by atoms with E-state index in [-0.39, 0.29) is 17.2 Å². The van der Waals surface area contributed by atoms with Gasteiger partial charge in [-0.1, -0.05) is 0 Å². The highest BCUT2D eigenvalue weighted by atomic mass is 32.2. The molecular formula is C13H24N2O3S. The Labute approximate surface area is 119 Å². The van der Waals surface area contributed by atoms with Crippen molar-refractivity contribution in [2.45, 2.75) is 37.9 Å². The van der Waals surface area contributed by atoms with Gasteiger partial charge in [-0.05, 0) is 38.9 Å². The zero-order chi connectivity index (χ0) is 14.5. The van der Waals surface area contributed by atoms with Crippen molar-refractivity contribution >= 4 is 23.8 Å². The second-order valence-electron chi connectivity index (χ2n) is 5.66. The number of urea groups is 1. The molecule has 0 aromatic rings. The first-order valence-corrected chi connectivity index (χ1v) is 7.86. The molecule has 0 radical (unpaired) electrons. The number of carboxylic acids is 1. The van der Waals surface area contributed by atoms with Crippen molar-refractivity contribution in [1.82, 2.24) is 10.2 Å². The third-order valence-corrected chi connectivity index (χ3v) is 4.81. The van der Waals surface area contributed by atoms with E-state index in [1.807, 2.05) is 6.26 Å². The Bertz CT molecular complexity index is 334. The molecule has 0 spiro atoms. The summed E-state index contributed by atoms with van der Waals surface area (Å²) in [5.74, 6) is -0.431. The molecule has 0 aromatic heterocycles. The van der Waals surface area contributed by atoms with E-state index in [9.17, 15) is 9.59 Å². The summed E-state index contributed by atoms with van der Waals surface area (Å²) in [5.41, 5.74) is 0. The maximum Gasteiger partial charge on any atom is 0.317 e. The van der Waals surface area contributed by atoms with Crippen LogP contribution in [0.2, 0.25) is 0 Å². The summed E-state index contributed by atoms with van der Waals surface area (Å²) < 4.78 is 0.0398. The van der Waals surface area contributed by atoms with Crippen LogP contribution < -0.4 is 5.32 Å². The minimum absolute atomic E-state index is 0.0278. The summed E-state index contributed by atoms with van der Waals surface area (Å²) in [6.07, 6.45) is 3.80. The molecule has 1 fully saturated rings.